The fourth-order valence-electron chi connectivity index (χ4n) is 2.25. The van der Waals surface area contributed by atoms with Crippen LogP contribution in [0.25, 0.3) is 0 Å². The summed E-state index contributed by atoms with van der Waals surface area (Å²) in [5.41, 5.74) is 2.44. The summed E-state index contributed by atoms with van der Waals surface area (Å²) in [6.07, 6.45) is 1.03. The van der Waals surface area contributed by atoms with Crippen molar-refractivity contribution in [3.8, 4) is 5.75 Å². The second-order valence-electron chi connectivity index (χ2n) is 4.86. The van der Waals surface area contributed by atoms with E-state index in [-0.39, 0.29) is 0 Å². The smallest absolute Gasteiger partial charge is 0.137 e. The van der Waals surface area contributed by atoms with E-state index in [1.54, 1.807) is 7.11 Å². The summed E-state index contributed by atoms with van der Waals surface area (Å²) in [5.74, 6) is 0.709. The largest absolute Gasteiger partial charge is 0.495 e. The Hall–Kier alpha value is -1.03. The SMILES string of the molecule is CCC(NCc1ccc(OC)c(Cl)c1)c1ccc(Br)cc1. The fourth-order valence-corrected chi connectivity index (χ4v) is 2.80. The van der Waals surface area contributed by atoms with Crippen LogP contribution in [0.3, 0.4) is 0 Å². The van der Waals surface area contributed by atoms with Gasteiger partial charge in [-0.1, -0.05) is 52.7 Å². The van der Waals surface area contributed by atoms with Crippen molar-refractivity contribution in [2.24, 2.45) is 0 Å². The molecule has 2 nitrogen and oxygen atoms in total. The van der Waals surface area contributed by atoms with E-state index in [1.807, 2.05) is 18.2 Å². The van der Waals surface area contributed by atoms with Gasteiger partial charge in [-0.15, -0.1) is 0 Å². The minimum atomic E-state index is 0.332. The molecule has 2 aromatic carbocycles. The van der Waals surface area contributed by atoms with Gasteiger partial charge in [-0.3, -0.25) is 0 Å². The zero-order valence-corrected chi connectivity index (χ0v) is 14.5. The Balaban J connectivity index is 2.03. The van der Waals surface area contributed by atoms with Crippen LogP contribution in [0.5, 0.6) is 5.75 Å². The molecule has 2 rings (SSSR count). The molecule has 0 aliphatic carbocycles. The van der Waals surface area contributed by atoms with Crippen molar-refractivity contribution in [2.45, 2.75) is 25.9 Å². The first-order chi connectivity index (χ1) is 10.1. The number of ether oxygens (including phenoxy) is 1. The van der Waals surface area contributed by atoms with Crippen LogP contribution in [0.1, 0.15) is 30.5 Å². The maximum atomic E-state index is 6.16. The minimum Gasteiger partial charge on any atom is -0.495 e. The van der Waals surface area contributed by atoms with Gasteiger partial charge in [-0.25, -0.2) is 0 Å². The van der Waals surface area contributed by atoms with Gasteiger partial charge in [0.2, 0.25) is 0 Å². The first-order valence-electron chi connectivity index (χ1n) is 6.95. The molecule has 0 radical (unpaired) electrons. The molecule has 0 saturated heterocycles. The highest BCUT2D eigenvalue weighted by atomic mass is 79.9. The van der Waals surface area contributed by atoms with Crippen LogP contribution in [0.2, 0.25) is 5.02 Å². The van der Waals surface area contributed by atoms with Crippen molar-refractivity contribution in [2.75, 3.05) is 7.11 Å². The van der Waals surface area contributed by atoms with E-state index in [0.29, 0.717) is 16.8 Å². The van der Waals surface area contributed by atoms with E-state index in [9.17, 15) is 0 Å². The third-order valence-electron chi connectivity index (χ3n) is 3.45. The Kier molecular flexibility index (Phi) is 6.09. The van der Waals surface area contributed by atoms with Crippen LogP contribution in [-0.2, 0) is 6.54 Å². The number of nitrogens with one attached hydrogen (secondary N) is 1. The summed E-state index contributed by atoms with van der Waals surface area (Å²) >= 11 is 9.62. The molecule has 4 heteroatoms. The second-order valence-corrected chi connectivity index (χ2v) is 6.19. The number of rotatable bonds is 6. The van der Waals surface area contributed by atoms with Crippen molar-refractivity contribution in [3.05, 3.63) is 63.1 Å². The second kappa shape index (κ2) is 7.83. The van der Waals surface area contributed by atoms with Crippen molar-refractivity contribution < 1.29 is 4.74 Å². The number of halogens is 2. The highest BCUT2D eigenvalue weighted by Crippen LogP contribution is 2.25. The average Bonchev–Trinajstić information content (AvgIpc) is 2.49. The Morgan fingerprint density at radius 3 is 2.48 bits per heavy atom. The normalized spacial score (nSPS) is 12.2. The zero-order valence-electron chi connectivity index (χ0n) is 12.2. The summed E-state index contributed by atoms with van der Waals surface area (Å²) in [6.45, 7) is 2.96. The molecule has 0 spiro atoms. The van der Waals surface area contributed by atoms with Crippen LogP contribution in [0.15, 0.2) is 46.9 Å². The molecule has 1 unspecified atom stereocenters. The van der Waals surface area contributed by atoms with Gasteiger partial charge in [0, 0.05) is 17.1 Å². The first-order valence-corrected chi connectivity index (χ1v) is 8.12. The molecule has 0 saturated carbocycles. The molecule has 0 aromatic heterocycles. The van der Waals surface area contributed by atoms with Crippen molar-refractivity contribution in [1.29, 1.82) is 0 Å². The molecule has 2 aromatic rings. The minimum absolute atomic E-state index is 0.332. The fraction of sp³-hybridized carbons (Fsp3) is 0.294. The van der Waals surface area contributed by atoms with Gasteiger partial charge in [0.25, 0.3) is 0 Å². The molecule has 1 N–H and O–H groups in total. The predicted molar refractivity (Wildman–Crippen MR) is 92.0 cm³/mol. The van der Waals surface area contributed by atoms with E-state index in [4.69, 9.17) is 16.3 Å². The number of hydrogen-bond acceptors (Lipinski definition) is 2. The molecule has 0 aliphatic heterocycles. The highest BCUT2D eigenvalue weighted by molar-refractivity contribution is 9.10. The molecule has 0 bridgehead atoms. The average molecular weight is 369 g/mol. The standard InChI is InChI=1S/C17H19BrClNO/c1-3-16(13-5-7-14(18)8-6-13)20-11-12-4-9-17(21-2)15(19)10-12/h4-10,16,20H,3,11H2,1-2H3. The Morgan fingerprint density at radius 1 is 1.19 bits per heavy atom. The topological polar surface area (TPSA) is 21.3 Å². The Labute approximate surface area is 139 Å². The lowest BCUT2D eigenvalue weighted by Crippen LogP contribution is -2.20. The first kappa shape index (κ1) is 16.3. The van der Waals surface area contributed by atoms with Gasteiger partial charge >= 0.3 is 0 Å². The maximum Gasteiger partial charge on any atom is 0.137 e. The maximum absolute atomic E-state index is 6.16. The molecular formula is C17H19BrClNO. The molecule has 1 atom stereocenters. The molecule has 0 fully saturated rings. The van der Waals surface area contributed by atoms with Crippen LogP contribution in [-0.4, -0.2) is 7.11 Å². The zero-order chi connectivity index (χ0) is 15.2. The summed E-state index contributed by atoms with van der Waals surface area (Å²) < 4.78 is 6.27. The highest BCUT2D eigenvalue weighted by Gasteiger charge is 2.09. The molecule has 0 aliphatic rings. The van der Waals surface area contributed by atoms with Crippen molar-refractivity contribution >= 4 is 27.5 Å². The number of benzene rings is 2. The van der Waals surface area contributed by atoms with Gasteiger partial charge in [0.15, 0.2) is 0 Å². The quantitative estimate of drug-likeness (QED) is 0.742. The van der Waals surface area contributed by atoms with Gasteiger partial charge < -0.3 is 10.1 Å². The predicted octanol–water partition coefficient (Wildman–Crippen LogP) is 5.35. The molecular weight excluding hydrogens is 350 g/mol. The van der Waals surface area contributed by atoms with Crippen LogP contribution >= 0.6 is 27.5 Å². The molecule has 0 amide bonds. The molecule has 21 heavy (non-hydrogen) atoms. The molecule has 0 heterocycles. The van der Waals surface area contributed by atoms with Crippen molar-refractivity contribution in [3.63, 3.8) is 0 Å². The van der Waals surface area contributed by atoms with Crippen molar-refractivity contribution in [1.82, 2.24) is 5.32 Å². The molecule has 112 valence electrons. The van der Waals surface area contributed by atoms with Gasteiger partial charge in [-0.2, -0.15) is 0 Å². The summed E-state index contributed by atoms with van der Waals surface area (Å²) in [7, 11) is 1.62. The monoisotopic (exact) mass is 367 g/mol. The lowest BCUT2D eigenvalue weighted by molar-refractivity contribution is 0.414. The van der Waals surface area contributed by atoms with E-state index < -0.39 is 0 Å². The third kappa shape index (κ3) is 4.47. The number of methoxy groups -OCH3 is 1. The van der Waals surface area contributed by atoms with Crippen LogP contribution < -0.4 is 10.1 Å². The van der Waals surface area contributed by atoms with E-state index in [0.717, 1.165) is 23.0 Å². The van der Waals surface area contributed by atoms with Gasteiger partial charge in [0.1, 0.15) is 5.75 Å². The van der Waals surface area contributed by atoms with Gasteiger partial charge in [0.05, 0.1) is 12.1 Å². The summed E-state index contributed by atoms with van der Waals surface area (Å²) in [6, 6.07) is 14.7. The van der Waals surface area contributed by atoms with Gasteiger partial charge in [-0.05, 0) is 41.8 Å². The van der Waals surface area contributed by atoms with E-state index >= 15 is 0 Å². The Morgan fingerprint density at radius 2 is 1.90 bits per heavy atom. The van der Waals surface area contributed by atoms with E-state index in [1.165, 1.54) is 5.56 Å². The van der Waals surface area contributed by atoms with Crippen LogP contribution in [0.4, 0.5) is 0 Å². The summed E-state index contributed by atoms with van der Waals surface area (Å²) in [4.78, 5) is 0. The number of hydrogen-bond donors (Lipinski definition) is 1. The van der Waals surface area contributed by atoms with Crippen LogP contribution in [0, 0.1) is 0 Å². The van der Waals surface area contributed by atoms with E-state index in [2.05, 4.69) is 52.4 Å². The lowest BCUT2D eigenvalue weighted by atomic mass is 10.0. The Bertz CT molecular complexity index is 586. The third-order valence-corrected chi connectivity index (χ3v) is 4.27. The lowest BCUT2D eigenvalue weighted by Gasteiger charge is -2.18. The summed E-state index contributed by atoms with van der Waals surface area (Å²) in [5, 5.41) is 4.22.